The number of hydrogen-bond donors (Lipinski definition) is 1. The molecule has 2 nitrogen and oxygen atoms in total. The Balaban J connectivity index is 2.26. The van der Waals surface area contributed by atoms with E-state index in [1.54, 1.807) is 25.8 Å². The summed E-state index contributed by atoms with van der Waals surface area (Å²) in [6, 6.07) is 18.0. The molecule has 0 bridgehead atoms. The van der Waals surface area contributed by atoms with Gasteiger partial charge in [0.05, 0.1) is 13.2 Å². The first-order chi connectivity index (χ1) is 15.3. The Morgan fingerprint density at radius 1 is 0.844 bits per heavy atom. The van der Waals surface area contributed by atoms with Crippen molar-refractivity contribution in [3.63, 3.8) is 0 Å². The van der Waals surface area contributed by atoms with Crippen LogP contribution in [0, 0.1) is 5.82 Å². The molecule has 0 aliphatic heterocycles. The minimum absolute atomic E-state index is 0.0180. The van der Waals surface area contributed by atoms with Crippen molar-refractivity contribution in [2.75, 3.05) is 7.11 Å². The van der Waals surface area contributed by atoms with Crippen molar-refractivity contribution in [3.05, 3.63) is 82.7 Å². The summed E-state index contributed by atoms with van der Waals surface area (Å²) in [6.07, 6.45) is -0.775. The van der Waals surface area contributed by atoms with Gasteiger partial charge in [0.25, 0.3) is 0 Å². The van der Waals surface area contributed by atoms with Crippen LogP contribution in [0.2, 0.25) is 0 Å². The quantitative estimate of drug-likeness (QED) is 0.350. The highest BCUT2D eigenvalue weighted by atomic mass is 32.2. The normalized spacial score (nSPS) is 12.4. The van der Waals surface area contributed by atoms with Gasteiger partial charge in [-0.25, -0.2) is 4.39 Å². The molecule has 1 atom stereocenters. The third-order valence-electron chi connectivity index (χ3n) is 5.74. The molecule has 3 aromatic rings. The molecule has 1 unspecified atom stereocenters. The lowest BCUT2D eigenvalue weighted by atomic mass is 9.79. The van der Waals surface area contributed by atoms with Crippen molar-refractivity contribution in [1.82, 2.24) is 0 Å². The minimum atomic E-state index is -0.775. The van der Waals surface area contributed by atoms with Crippen LogP contribution in [0.5, 0.6) is 5.75 Å². The van der Waals surface area contributed by atoms with Gasteiger partial charge in [0.2, 0.25) is 0 Å². The highest BCUT2D eigenvalue weighted by Gasteiger charge is 2.29. The van der Waals surface area contributed by atoms with E-state index in [1.165, 1.54) is 0 Å². The maximum atomic E-state index is 16.0. The van der Waals surface area contributed by atoms with Gasteiger partial charge in [-0.05, 0) is 76.4 Å². The van der Waals surface area contributed by atoms with E-state index in [2.05, 4.69) is 12.1 Å². The summed E-state index contributed by atoms with van der Waals surface area (Å²) in [5.41, 5.74) is 5.02. The number of benzene rings is 3. The molecule has 1 N–H and O–H groups in total. The van der Waals surface area contributed by atoms with E-state index in [4.69, 9.17) is 4.74 Å². The first kappa shape index (κ1) is 24.3. The molecule has 0 saturated heterocycles. The largest absolute Gasteiger partial charge is 0.497 e. The van der Waals surface area contributed by atoms with E-state index in [1.807, 2.05) is 70.2 Å². The summed E-state index contributed by atoms with van der Waals surface area (Å²) in [5, 5.41) is 10.8. The van der Waals surface area contributed by atoms with Gasteiger partial charge >= 0.3 is 0 Å². The number of rotatable bonds is 8. The van der Waals surface area contributed by atoms with Crippen LogP contribution in [0.4, 0.5) is 4.39 Å². The summed E-state index contributed by atoms with van der Waals surface area (Å²) in [6.45, 7) is 9.81. The zero-order valence-electron chi connectivity index (χ0n) is 19.8. The molecule has 0 saturated carbocycles. The Morgan fingerprint density at radius 3 is 1.94 bits per heavy atom. The van der Waals surface area contributed by atoms with Crippen molar-refractivity contribution in [2.45, 2.75) is 63.2 Å². The third kappa shape index (κ3) is 5.02. The Morgan fingerprint density at radius 2 is 1.44 bits per heavy atom. The standard InChI is InChI=1S/C28H33FO2S/c1-17(2)24-23(16-32-22-14-12-21(31-6)13-15-22)27(20-10-8-7-9-11-20)26(19(5)30)25(18(3)4)28(24)29/h7-15,17-19,30H,16H2,1-6H3. The lowest BCUT2D eigenvalue weighted by Gasteiger charge is -2.28. The predicted molar refractivity (Wildman–Crippen MR) is 133 cm³/mol. The lowest BCUT2D eigenvalue weighted by molar-refractivity contribution is 0.197. The van der Waals surface area contributed by atoms with Crippen LogP contribution in [-0.4, -0.2) is 12.2 Å². The lowest BCUT2D eigenvalue weighted by Crippen LogP contribution is -2.14. The summed E-state index contributed by atoms with van der Waals surface area (Å²) in [5.74, 6) is 1.23. The summed E-state index contributed by atoms with van der Waals surface area (Å²) < 4.78 is 21.3. The highest BCUT2D eigenvalue weighted by Crippen LogP contribution is 2.45. The Bertz CT molecular complexity index is 1040. The van der Waals surface area contributed by atoms with Crippen LogP contribution >= 0.6 is 11.8 Å². The predicted octanol–water partition coefficient (Wildman–Crippen LogP) is 8.09. The van der Waals surface area contributed by atoms with Gasteiger partial charge in [0, 0.05) is 10.6 Å². The minimum Gasteiger partial charge on any atom is -0.497 e. The highest BCUT2D eigenvalue weighted by molar-refractivity contribution is 7.98. The maximum absolute atomic E-state index is 16.0. The van der Waals surface area contributed by atoms with Crippen molar-refractivity contribution in [2.24, 2.45) is 0 Å². The fourth-order valence-corrected chi connectivity index (χ4v) is 5.28. The second-order valence-electron chi connectivity index (χ2n) is 8.72. The van der Waals surface area contributed by atoms with E-state index >= 15 is 4.39 Å². The van der Waals surface area contributed by atoms with E-state index in [9.17, 15) is 5.11 Å². The fraction of sp³-hybridized carbons (Fsp3) is 0.357. The molecule has 0 amide bonds. The topological polar surface area (TPSA) is 29.5 Å². The second kappa shape index (κ2) is 10.5. The molecular weight excluding hydrogens is 419 g/mol. The van der Waals surface area contributed by atoms with Gasteiger partial charge in [-0.2, -0.15) is 0 Å². The van der Waals surface area contributed by atoms with Gasteiger partial charge in [-0.3, -0.25) is 0 Å². The van der Waals surface area contributed by atoms with Gasteiger partial charge in [-0.15, -0.1) is 11.8 Å². The molecule has 170 valence electrons. The number of aliphatic hydroxyl groups is 1. The van der Waals surface area contributed by atoms with Crippen LogP contribution < -0.4 is 4.74 Å². The van der Waals surface area contributed by atoms with Crippen molar-refractivity contribution < 1.29 is 14.2 Å². The molecule has 3 aromatic carbocycles. The molecule has 0 heterocycles. The molecule has 4 heteroatoms. The van der Waals surface area contributed by atoms with Crippen LogP contribution in [0.3, 0.4) is 0 Å². The van der Waals surface area contributed by atoms with Crippen LogP contribution in [0.15, 0.2) is 59.5 Å². The molecule has 0 aliphatic carbocycles. The molecule has 3 rings (SSSR count). The second-order valence-corrected chi connectivity index (χ2v) is 9.77. The number of methoxy groups -OCH3 is 1. The van der Waals surface area contributed by atoms with Gasteiger partial charge in [0.1, 0.15) is 11.6 Å². The van der Waals surface area contributed by atoms with Crippen molar-refractivity contribution in [1.29, 1.82) is 0 Å². The van der Waals surface area contributed by atoms with Gasteiger partial charge < -0.3 is 9.84 Å². The average molecular weight is 453 g/mol. The molecule has 0 radical (unpaired) electrons. The number of ether oxygens (including phenoxy) is 1. The zero-order chi connectivity index (χ0) is 23.4. The average Bonchev–Trinajstić information content (AvgIpc) is 2.77. The summed E-state index contributed by atoms with van der Waals surface area (Å²) >= 11 is 1.67. The van der Waals surface area contributed by atoms with Crippen LogP contribution in [0.1, 0.15) is 74.8 Å². The monoisotopic (exact) mass is 452 g/mol. The van der Waals surface area contributed by atoms with E-state index in [-0.39, 0.29) is 17.7 Å². The summed E-state index contributed by atoms with van der Waals surface area (Å²) in [7, 11) is 1.65. The SMILES string of the molecule is COc1ccc(SCc2c(-c3ccccc3)c(C(C)O)c(C(C)C)c(F)c2C(C)C)cc1. The summed E-state index contributed by atoms with van der Waals surface area (Å²) in [4.78, 5) is 1.09. The Hall–Kier alpha value is -2.30. The Kier molecular flexibility index (Phi) is 8.02. The van der Waals surface area contributed by atoms with Gasteiger partial charge in [-0.1, -0.05) is 58.0 Å². The fourth-order valence-electron chi connectivity index (χ4n) is 4.34. The van der Waals surface area contributed by atoms with E-state index in [0.29, 0.717) is 16.9 Å². The molecule has 0 spiro atoms. The molecular formula is C28H33FO2S. The Labute approximate surface area is 195 Å². The maximum Gasteiger partial charge on any atom is 0.130 e. The molecule has 0 fully saturated rings. The van der Waals surface area contributed by atoms with E-state index in [0.717, 1.165) is 32.9 Å². The van der Waals surface area contributed by atoms with Crippen molar-refractivity contribution in [3.8, 4) is 16.9 Å². The number of hydrogen-bond acceptors (Lipinski definition) is 3. The smallest absolute Gasteiger partial charge is 0.130 e. The third-order valence-corrected chi connectivity index (χ3v) is 6.78. The molecule has 32 heavy (non-hydrogen) atoms. The van der Waals surface area contributed by atoms with Gasteiger partial charge in [0.15, 0.2) is 0 Å². The number of halogens is 1. The molecule has 0 aromatic heterocycles. The van der Waals surface area contributed by atoms with Crippen LogP contribution in [0.25, 0.3) is 11.1 Å². The number of thioether (sulfide) groups is 1. The first-order valence-corrected chi connectivity index (χ1v) is 12.1. The number of aliphatic hydroxyl groups excluding tert-OH is 1. The first-order valence-electron chi connectivity index (χ1n) is 11.1. The zero-order valence-corrected chi connectivity index (χ0v) is 20.6. The van der Waals surface area contributed by atoms with E-state index < -0.39 is 6.10 Å². The molecule has 0 aliphatic rings. The van der Waals surface area contributed by atoms with Crippen molar-refractivity contribution >= 4 is 11.8 Å². The van der Waals surface area contributed by atoms with Crippen LogP contribution in [-0.2, 0) is 5.75 Å².